The maximum atomic E-state index is 14.5. The molecule has 1 fully saturated rings. The first kappa shape index (κ1) is 16.8. The topological polar surface area (TPSA) is 30.5 Å². The van der Waals surface area contributed by atoms with Crippen LogP contribution in [0.1, 0.15) is 49.6 Å². The first-order valence-corrected chi connectivity index (χ1v) is 8.82. The SMILES string of the molecule is CC(C)(C)c1ccc2c(c1)C1OCOC1C(c1c(F)cccc1Cl)N2. The second-order valence-corrected chi connectivity index (χ2v) is 8.05. The minimum absolute atomic E-state index is 0.0374. The van der Waals surface area contributed by atoms with E-state index in [0.29, 0.717) is 10.6 Å². The Balaban J connectivity index is 1.81. The average molecular weight is 362 g/mol. The van der Waals surface area contributed by atoms with Gasteiger partial charge in [0.25, 0.3) is 0 Å². The minimum Gasteiger partial charge on any atom is -0.375 e. The molecule has 4 rings (SSSR count). The summed E-state index contributed by atoms with van der Waals surface area (Å²) in [6.45, 7) is 6.72. The van der Waals surface area contributed by atoms with Gasteiger partial charge in [0.05, 0.1) is 6.04 Å². The Morgan fingerprint density at radius 2 is 1.96 bits per heavy atom. The third kappa shape index (κ3) is 2.82. The molecule has 2 aliphatic rings. The number of halogens is 2. The lowest BCUT2D eigenvalue weighted by Gasteiger charge is -2.36. The van der Waals surface area contributed by atoms with E-state index in [1.807, 2.05) is 6.07 Å². The van der Waals surface area contributed by atoms with Gasteiger partial charge in [0, 0.05) is 21.8 Å². The molecule has 0 aromatic heterocycles. The molecule has 0 radical (unpaired) electrons. The summed E-state index contributed by atoms with van der Waals surface area (Å²) in [7, 11) is 0. The summed E-state index contributed by atoms with van der Waals surface area (Å²) in [5, 5.41) is 3.81. The molecule has 0 aliphatic carbocycles. The van der Waals surface area contributed by atoms with Crippen molar-refractivity contribution in [3.63, 3.8) is 0 Å². The fourth-order valence-electron chi connectivity index (χ4n) is 3.60. The molecule has 0 spiro atoms. The molecule has 2 heterocycles. The molecule has 0 saturated carbocycles. The Kier molecular flexibility index (Phi) is 4.02. The van der Waals surface area contributed by atoms with Crippen LogP contribution in [0.15, 0.2) is 36.4 Å². The van der Waals surface area contributed by atoms with Crippen LogP contribution in [0.4, 0.5) is 10.1 Å². The Hall–Kier alpha value is -1.62. The van der Waals surface area contributed by atoms with E-state index in [2.05, 4.69) is 38.2 Å². The molecule has 2 aliphatic heterocycles. The summed E-state index contributed by atoms with van der Waals surface area (Å²) in [5.74, 6) is -0.339. The maximum absolute atomic E-state index is 14.5. The van der Waals surface area contributed by atoms with Crippen molar-refractivity contribution in [1.82, 2.24) is 0 Å². The van der Waals surface area contributed by atoms with Crippen molar-refractivity contribution in [2.24, 2.45) is 0 Å². The van der Waals surface area contributed by atoms with Crippen molar-refractivity contribution in [1.29, 1.82) is 0 Å². The summed E-state index contributed by atoms with van der Waals surface area (Å²) < 4.78 is 26.1. The predicted octanol–water partition coefficient (Wildman–Crippen LogP) is 5.36. The van der Waals surface area contributed by atoms with Gasteiger partial charge in [-0.3, -0.25) is 0 Å². The molecule has 25 heavy (non-hydrogen) atoms. The second kappa shape index (κ2) is 5.97. The molecule has 3 unspecified atom stereocenters. The van der Waals surface area contributed by atoms with E-state index in [1.165, 1.54) is 11.6 Å². The highest BCUT2D eigenvalue weighted by Crippen LogP contribution is 2.48. The zero-order valence-electron chi connectivity index (χ0n) is 14.5. The molecular formula is C20H21ClFNO2. The van der Waals surface area contributed by atoms with Gasteiger partial charge in [-0.25, -0.2) is 4.39 Å². The number of hydrogen-bond donors (Lipinski definition) is 1. The summed E-state index contributed by atoms with van der Waals surface area (Å²) in [6, 6.07) is 10.6. The lowest BCUT2D eigenvalue weighted by molar-refractivity contribution is 0.0365. The fraction of sp³-hybridized carbons (Fsp3) is 0.400. The molecule has 1 saturated heterocycles. The largest absolute Gasteiger partial charge is 0.375 e. The van der Waals surface area contributed by atoms with E-state index < -0.39 is 6.04 Å². The van der Waals surface area contributed by atoms with Gasteiger partial charge in [-0.05, 0) is 29.2 Å². The van der Waals surface area contributed by atoms with Crippen molar-refractivity contribution >= 4 is 17.3 Å². The summed E-state index contributed by atoms with van der Waals surface area (Å²) in [6.07, 6.45) is -0.559. The van der Waals surface area contributed by atoms with E-state index >= 15 is 0 Å². The molecule has 3 nitrogen and oxygen atoms in total. The lowest BCUT2D eigenvalue weighted by Crippen LogP contribution is -2.35. The number of benzene rings is 2. The molecule has 3 atom stereocenters. The van der Waals surface area contributed by atoms with Crippen molar-refractivity contribution in [2.75, 3.05) is 12.1 Å². The van der Waals surface area contributed by atoms with E-state index in [4.69, 9.17) is 21.1 Å². The predicted molar refractivity (Wildman–Crippen MR) is 96.5 cm³/mol. The molecule has 0 amide bonds. The third-order valence-electron chi connectivity index (χ3n) is 4.98. The first-order chi connectivity index (χ1) is 11.9. The molecule has 1 N–H and O–H groups in total. The van der Waals surface area contributed by atoms with Crippen molar-refractivity contribution in [3.05, 3.63) is 63.9 Å². The highest BCUT2D eigenvalue weighted by atomic mass is 35.5. The quantitative estimate of drug-likeness (QED) is 0.742. The van der Waals surface area contributed by atoms with Gasteiger partial charge in [0.2, 0.25) is 0 Å². The summed E-state index contributed by atoms with van der Waals surface area (Å²) in [4.78, 5) is 0. The molecular weight excluding hydrogens is 341 g/mol. The third-order valence-corrected chi connectivity index (χ3v) is 5.31. The van der Waals surface area contributed by atoms with E-state index in [1.54, 1.807) is 12.1 Å². The Morgan fingerprint density at radius 1 is 1.16 bits per heavy atom. The average Bonchev–Trinajstić information content (AvgIpc) is 3.03. The number of hydrogen-bond acceptors (Lipinski definition) is 3. The van der Waals surface area contributed by atoms with Crippen LogP contribution < -0.4 is 5.32 Å². The van der Waals surface area contributed by atoms with Crippen LogP contribution in [0.5, 0.6) is 0 Å². The lowest BCUT2D eigenvalue weighted by atomic mass is 9.82. The van der Waals surface area contributed by atoms with Gasteiger partial charge >= 0.3 is 0 Å². The Morgan fingerprint density at radius 3 is 2.68 bits per heavy atom. The second-order valence-electron chi connectivity index (χ2n) is 7.65. The van der Waals surface area contributed by atoms with Crippen LogP contribution in [0, 0.1) is 5.82 Å². The van der Waals surface area contributed by atoms with Crippen LogP contribution in [-0.4, -0.2) is 12.9 Å². The van der Waals surface area contributed by atoms with Gasteiger partial charge in [-0.15, -0.1) is 0 Å². The standard InChI is InChI=1S/C20H21ClFNO2/c1-20(2,3)11-7-8-15-12(9-11)18-19(25-10-24-18)17(23-15)16-13(21)5-4-6-14(16)22/h4-9,17-19,23H,10H2,1-3H3. The fourth-order valence-corrected chi connectivity index (χ4v) is 3.88. The highest BCUT2D eigenvalue weighted by molar-refractivity contribution is 6.31. The van der Waals surface area contributed by atoms with Gasteiger partial charge in [-0.1, -0.05) is 50.6 Å². The maximum Gasteiger partial charge on any atom is 0.148 e. The normalized spacial score (nSPS) is 25.2. The van der Waals surface area contributed by atoms with Crippen LogP contribution in [0.3, 0.4) is 0 Å². The van der Waals surface area contributed by atoms with Gasteiger partial charge < -0.3 is 14.8 Å². The number of fused-ring (bicyclic) bond motifs is 3. The van der Waals surface area contributed by atoms with Crippen LogP contribution in [0.2, 0.25) is 5.02 Å². The number of anilines is 1. The number of nitrogens with one attached hydrogen (secondary N) is 1. The summed E-state index contributed by atoms with van der Waals surface area (Å²) in [5.41, 5.74) is 3.68. The number of rotatable bonds is 1. The number of ether oxygens (including phenoxy) is 2. The zero-order valence-corrected chi connectivity index (χ0v) is 15.2. The van der Waals surface area contributed by atoms with Crippen molar-refractivity contribution in [3.8, 4) is 0 Å². The molecule has 2 aromatic rings. The molecule has 2 aromatic carbocycles. The summed E-state index contributed by atoms with van der Waals surface area (Å²) >= 11 is 6.29. The van der Waals surface area contributed by atoms with Crippen molar-refractivity contribution < 1.29 is 13.9 Å². The molecule has 0 bridgehead atoms. The highest BCUT2D eigenvalue weighted by Gasteiger charge is 2.44. The van der Waals surface area contributed by atoms with E-state index in [-0.39, 0.29) is 30.2 Å². The van der Waals surface area contributed by atoms with Crippen LogP contribution >= 0.6 is 11.6 Å². The molecule has 5 heteroatoms. The van der Waals surface area contributed by atoms with Crippen molar-refractivity contribution in [2.45, 2.75) is 44.4 Å². The smallest absolute Gasteiger partial charge is 0.148 e. The Bertz CT molecular complexity index is 798. The first-order valence-electron chi connectivity index (χ1n) is 8.44. The van der Waals surface area contributed by atoms with Crippen LogP contribution in [-0.2, 0) is 14.9 Å². The zero-order chi connectivity index (χ0) is 17.8. The van der Waals surface area contributed by atoms with E-state index in [9.17, 15) is 4.39 Å². The van der Waals surface area contributed by atoms with Crippen LogP contribution in [0.25, 0.3) is 0 Å². The Labute approximate surface area is 152 Å². The molecule has 132 valence electrons. The van der Waals surface area contributed by atoms with Gasteiger partial charge in [0.1, 0.15) is 24.8 Å². The van der Waals surface area contributed by atoms with Gasteiger partial charge in [0.15, 0.2) is 0 Å². The van der Waals surface area contributed by atoms with E-state index in [0.717, 1.165) is 11.3 Å². The van der Waals surface area contributed by atoms with Gasteiger partial charge in [-0.2, -0.15) is 0 Å². The monoisotopic (exact) mass is 361 g/mol. The minimum atomic E-state index is -0.394.